The number of methoxy groups -OCH3 is 1. The highest BCUT2D eigenvalue weighted by Crippen LogP contribution is 2.20. The van der Waals surface area contributed by atoms with Crippen LogP contribution in [0.25, 0.3) is 0 Å². The molecule has 0 saturated carbocycles. The summed E-state index contributed by atoms with van der Waals surface area (Å²) in [7, 11) is -0.680. The van der Waals surface area contributed by atoms with Crippen molar-refractivity contribution in [1.82, 2.24) is 0 Å². The summed E-state index contributed by atoms with van der Waals surface area (Å²) in [6, 6.07) is 5.75. The minimum Gasteiger partial charge on any atom is -0.369 e. The Bertz CT molecular complexity index is 564. The Labute approximate surface area is 113 Å². The predicted octanol–water partition coefficient (Wildman–Crippen LogP) is 0.722. The van der Waals surface area contributed by atoms with Gasteiger partial charge < -0.3 is 9.64 Å². The lowest BCUT2D eigenvalue weighted by Gasteiger charge is -2.28. The maximum Gasteiger partial charge on any atom is 0.258 e. The monoisotopic (exact) mass is 286 g/mol. The molecule has 0 saturated heterocycles. The van der Waals surface area contributed by atoms with E-state index in [0.29, 0.717) is 5.69 Å². The lowest BCUT2D eigenvalue weighted by molar-refractivity contribution is -0.136. The average molecular weight is 286 g/mol. The molecule has 0 radical (unpaired) electrons. The van der Waals surface area contributed by atoms with Crippen molar-refractivity contribution in [3.8, 4) is 0 Å². The van der Waals surface area contributed by atoms with E-state index < -0.39 is 15.6 Å². The Kier molecular flexibility index (Phi) is 4.34. The molecular weight excluding hydrogens is 268 g/mol. The molecule has 0 aromatic heterocycles. The molecule has 1 aromatic rings. The Morgan fingerprint density at radius 2 is 1.74 bits per heavy atom. The van der Waals surface area contributed by atoms with E-state index in [1.54, 1.807) is 20.9 Å². The van der Waals surface area contributed by atoms with Gasteiger partial charge in [0, 0.05) is 19.8 Å². The molecule has 0 aliphatic carbocycles. The van der Waals surface area contributed by atoms with E-state index >= 15 is 0 Å². The summed E-state index contributed by atoms with van der Waals surface area (Å²) >= 11 is 0. The number of anilines is 1. The van der Waals surface area contributed by atoms with Gasteiger partial charge in [-0.1, -0.05) is 0 Å². The van der Waals surface area contributed by atoms with Crippen molar-refractivity contribution in [2.24, 2.45) is 5.14 Å². The smallest absolute Gasteiger partial charge is 0.258 e. The van der Waals surface area contributed by atoms with Gasteiger partial charge in [0.25, 0.3) is 5.91 Å². The van der Waals surface area contributed by atoms with Crippen molar-refractivity contribution in [3.63, 3.8) is 0 Å². The SMILES string of the molecule is COC(C)(C)C(=O)N(C)c1ccc(S(N)(=O)=O)cc1. The first-order valence-corrected chi connectivity index (χ1v) is 7.10. The van der Waals surface area contributed by atoms with Crippen LogP contribution in [0.2, 0.25) is 0 Å². The van der Waals surface area contributed by atoms with Crippen molar-refractivity contribution in [1.29, 1.82) is 0 Å². The molecule has 0 atom stereocenters. The number of ether oxygens (including phenoxy) is 1. The van der Waals surface area contributed by atoms with Crippen molar-refractivity contribution in [3.05, 3.63) is 24.3 Å². The number of benzene rings is 1. The number of sulfonamides is 1. The van der Waals surface area contributed by atoms with Gasteiger partial charge in [-0.2, -0.15) is 0 Å². The van der Waals surface area contributed by atoms with Crippen LogP contribution >= 0.6 is 0 Å². The summed E-state index contributed by atoms with van der Waals surface area (Å²) in [6.07, 6.45) is 0. The minimum atomic E-state index is -3.73. The average Bonchev–Trinajstić information content (AvgIpc) is 2.36. The fourth-order valence-corrected chi connectivity index (χ4v) is 1.98. The highest BCUT2D eigenvalue weighted by Gasteiger charge is 2.30. The van der Waals surface area contributed by atoms with E-state index in [2.05, 4.69) is 0 Å². The lowest BCUT2D eigenvalue weighted by Crippen LogP contribution is -2.44. The lowest BCUT2D eigenvalue weighted by atomic mass is 10.1. The van der Waals surface area contributed by atoms with Crippen molar-refractivity contribution < 1.29 is 17.9 Å². The first kappa shape index (κ1) is 15.6. The van der Waals surface area contributed by atoms with Gasteiger partial charge in [0.15, 0.2) is 0 Å². The van der Waals surface area contributed by atoms with Crippen LogP contribution in [0.3, 0.4) is 0 Å². The summed E-state index contributed by atoms with van der Waals surface area (Å²) in [4.78, 5) is 13.5. The van der Waals surface area contributed by atoms with E-state index in [1.807, 2.05) is 0 Å². The quantitative estimate of drug-likeness (QED) is 0.883. The molecule has 19 heavy (non-hydrogen) atoms. The number of carbonyl (C=O) groups excluding carboxylic acids is 1. The number of primary sulfonamides is 1. The van der Waals surface area contributed by atoms with Crippen LogP contribution in [-0.4, -0.2) is 34.1 Å². The second-order valence-corrected chi connectivity index (χ2v) is 6.18. The minimum absolute atomic E-state index is 0.00287. The molecule has 7 heteroatoms. The zero-order chi connectivity index (χ0) is 14.8. The van der Waals surface area contributed by atoms with E-state index in [0.717, 1.165) is 0 Å². The van der Waals surface area contributed by atoms with Crippen molar-refractivity contribution in [2.45, 2.75) is 24.3 Å². The molecule has 1 rings (SSSR count). The van der Waals surface area contributed by atoms with Gasteiger partial charge in [-0.15, -0.1) is 0 Å². The molecule has 2 N–H and O–H groups in total. The Morgan fingerprint density at radius 3 is 2.11 bits per heavy atom. The molecule has 0 aliphatic rings. The zero-order valence-corrected chi connectivity index (χ0v) is 12.2. The van der Waals surface area contributed by atoms with Crippen LogP contribution in [0, 0.1) is 0 Å². The number of carbonyl (C=O) groups is 1. The molecule has 0 spiro atoms. The molecule has 0 unspecified atom stereocenters. The van der Waals surface area contributed by atoms with Gasteiger partial charge in [0.05, 0.1) is 4.90 Å². The molecule has 106 valence electrons. The van der Waals surface area contributed by atoms with E-state index in [4.69, 9.17) is 9.88 Å². The summed E-state index contributed by atoms with van der Waals surface area (Å²) in [5.41, 5.74) is -0.393. The Hall–Kier alpha value is -1.44. The van der Waals surface area contributed by atoms with Gasteiger partial charge in [-0.05, 0) is 38.1 Å². The summed E-state index contributed by atoms with van der Waals surface area (Å²) < 4.78 is 27.4. The number of rotatable bonds is 4. The third-order valence-electron chi connectivity index (χ3n) is 2.88. The van der Waals surface area contributed by atoms with Gasteiger partial charge in [0.1, 0.15) is 5.60 Å². The maximum absolute atomic E-state index is 12.1. The molecule has 0 aliphatic heterocycles. The van der Waals surface area contributed by atoms with Gasteiger partial charge in [-0.3, -0.25) is 4.79 Å². The molecule has 6 nitrogen and oxygen atoms in total. The van der Waals surface area contributed by atoms with E-state index in [-0.39, 0.29) is 10.8 Å². The van der Waals surface area contributed by atoms with Gasteiger partial charge in [-0.25, -0.2) is 13.6 Å². The first-order chi connectivity index (χ1) is 8.59. The van der Waals surface area contributed by atoms with Crippen LogP contribution < -0.4 is 10.0 Å². The van der Waals surface area contributed by atoms with Gasteiger partial charge in [0.2, 0.25) is 10.0 Å². The van der Waals surface area contributed by atoms with Crippen LogP contribution in [0.5, 0.6) is 0 Å². The number of nitrogens with zero attached hydrogens (tertiary/aromatic N) is 1. The fraction of sp³-hybridized carbons (Fsp3) is 0.417. The third-order valence-corrected chi connectivity index (χ3v) is 3.81. The van der Waals surface area contributed by atoms with Crippen LogP contribution in [0.15, 0.2) is 29.2 Å². The Balaban J connectivity index is 3.03. The van der Waals surface area contributed by atoms with E-state index in [9.17, 15) is 13.2 Å². The number of hydrogen-bond donors (Lipinski definition) is 1. The molecule has 0 bridgehead atoms. The predicted molar refractivity (Wildman–Crippen MR) is 72.3 cm³/mol. The number of nitrogens with two attached hydrogens (primary N) is 1. The molecule has 1 aromatic carbocycles. The van der Waals surface area contributed by atoms with Gasteiger partial charge >= 0.3 is 0 Å². The summed E-state index contributed by atoms with van der Waals surface area (Å²) in [5.74, 6) is -0.238. The standard InChI is InChI=1S/C12H18N2O4S/c1-12(2,18-4)11(15)14(3)9-5-7-10(8-6-9)19(13,16)17/h5-8H,1-4H3,(H2,13,16,17). The zero-order valence-electron chi connectivity index (χ0n) is 11.4. The third kappa shape index (κ3) is 3.52. The number of amides is 1. The van der Waals surface area contributed by atoms with Crippen LogP contribution in [0.1, 0.15) is 13.8 Å². The fourth-order valence-electron chi connectivity index (χ4n) is 1.47. The normalized spacial score (nSPS) is 12.3. The summed E-state index contributed by atoms with van der Waals surface area (Å²) in [6.45, 7) is 3.31. The Morgan fingerprint density at radius 1 is 1.26 bits per heavy atom. The van der Waals surface area contributed by atoms with E-state index in [1.165, 1.54) is 36.3 Å². The maximum atomic E-state index is 12.1. The highest BCUT2D eigenvalue weighted by atomic mass is 32.2. The second kappa shape index (κ2) is 5.28. The molecular formula is C12H18N2O4S. The summed E-state index contributed by atoms with van der Waals surface area (Å²) in [5, 5.41) is 5.01. The molecule has 0 fully saturated rings. The topological polar surface area (TPSA) is 89.7 Å². The van der Waals surface area contributed by atoms with Crippen LogP contribution in [-0.2, 0) is 19.6 Å². The largest absolute Gasteiger partial charge is 0.369 e. The van der Waals surface area contributed by atoms with Crippen molar-refractivity contribution >= 4 is 21.6 Å². The number of likely N-dealkylation sites (N-methyl/N-ethyl adjacent to an activating group) is 1. The highest BCUT2D eigenvalue weighted by molar-refractivity contribution is 7.89. The molecule has 1 amide bonds. The molecule has 0 heterocycles. The first-order valence-electron chi connectivity index (χ1n) is 5.56. The number of hydrogen-bond acceptors (Lipinski definition) is 4. The van der Waals surface area contributed by atoms with Crippen molar-refractivity contribution in [2.75, 3.05) is 19.1 Å². The van der Waals surface area contributed by atoms with Crippen LogP contribution in [0.4, 0.5) is 5.69 Å². The second-order valence-electron chi connectivity index (χ2n) is 4.62.